The van der Waals surface area contributed by atoms with Gasteiger partial charge in [0.2, 0.25) is 5.89 Å². The Morgan fingerprint density at radius 3 is 2.58 bits per heavy atom. The number of hydrogen-bond acceptors (Lipinski definition) is 5. The smallest absolute Gasteiger partial charge is 0.275 e. The van der Waals surface area contributed by atoms with Crippen molar-refractivity contribution in [2.45, 2.75) is 45.8 Å². The van der Waals surface area contributed by atoms with Gasteiger partial charge in [-0.25, -0.2) is 4.98 Å². The molecule has 1 heterocycles. The summed E-state index contributed by atoms with van der Waals surface area (Å²) in [5.41, 5.74) is 1.61. The van der Waals surface area contributed by atoms with Gasteiger partial charge in [-0.2, -0.15) is 0 Å². The van der Waals surface area contributed by atoms with Crippen LogP contribution in [0.1, 0.15) is 48.6 Å². The van der Waals surface area contributed by atoms with Crippen LogP contribution in [0.25, 0.3) is 0 Å². The molecule has 0 atom stereocenters. The molecule has 6 heteroatoms. The van der Waals surface area contributed by atoms with Crippen molar-refractivity contribution in [3.05, 3.63) is 47.7 Å². The number of rotatable bonds is 9. The Kier molecular flexibility index (Phi) is 5.93. The predicted octanol–water partition coefficient (Wildman–Crippen LogP) is 3.33. The quantitative estimate of drug-likeness (QED) is 0.689. The summed E-state index contributed by atoms with van der Waals surface area (Å²) >= 11 is 0. The largest absolute Gasteiger partial charge is 0.494 e. The summed E-state index contributed by atoms with van der Waals surface area (Å²) in [5.74, 6) is 1.38. The lowest BCUT2D eigenvalue weighted by atomic mass is 10.2. The van der Waals surface area contributed by atoms with Crippen molar-refractivity contribution in [1.82, 2.24) is 14.8 Å². The van der Waals surface area contributed by atoms with E-state index < -0.39 is 0 Å². The van der Waals surface area contributed by atoms with Crippen LogP contribution in [0.15, 0.2) is 34.9 Å². The van der Waals surface area contributed by atoms with E-state index in [-0.39, 0.29) is 5.91 Å². The van der Waals surface area contributed by atoms with E-state index in [4.69, 9.17) is 9.15 Å². The number of hydrogen-bond donors (Lipinski definition) is 0. The number of benzene rings is 1. The molecule has 140 valence electrons. The minimum absolute atomic E-state index is 0.105. The van der Waals surface area contributed by atoms with Crippen molar-refractivity contribution >= 4 is 5.91 Å². The zero-order valence-corrected chi connectivity index (χ0v) is 15.8. The van der Waals surface area contributed by atoms with Crippen LogP contribution >= 0.6 is 0 Å². The van der Waals surface area contributed by atoms with Crippen molar-refractivity contribution in [3.63, 3.8) is 0 Å². The van der Waals surface area contributed by atoms with E-state index in [1.165, 1.54) is 24.7 Å². The van der Waals surface area contributed by atoms with Crippen LogP contribution in [0.2, 0.25) is 0 Å². The molecule has 0 saturated heterocycles. The van der Waals surface area contributed by atoms with Crippen molar-refractivity contribution in [1.29, 1.82) is 0 Å². The van der Waals surface area contributed by atoms with Crippen LogP contribution in [0, 0.1) is 0 Å². The standard InChI is InChI=1S/C20H27N3O3/c1-4-22(3)20(24)18-14-26-19(21-18)13-23(16-8-9-16)12-15-6-10-17(11-7-15)25-5-2/h6-7,10-11,14,16H,4-5,8-9,12-13H2,1-3H3. The van der Waals surface area contributed by atoms with Gasteiger partial charge in [-0.05, 0) is 44.4 Å². The Labute approximate surface area is 154 Å². The first kappa shape index (κ1) is 18.5. The number of carbonyl (C=O) groups excluding carboxylic acids is 1. The second-order valence-electron chi connectivity index (χ2n) is 6.66. The molecule has 0 N–H and O–H groups in total. The van der Waals surface area contributed by atoms with E-state index in [1.807, 2.05) is 26.0 Å². The van der Waals surface area contributed by atoms with Crippen molar-refractivity contribution in [2.24, 2.45) is 0 Å². The van der Waals surface area contributed by atoms with Gasteiger partial charge in [-0.1, -0.05) is 12.1 Å². The molecule has 26 heavy (non-hydrogen) atoms. The molecule has 0 unspecified atom stereocenters. The van der Waals surface area contributed by atoms with E-state index in [0.29, 0.717) is 37.3 Å². The van der Waals surface area contributed by atoms with Gasteiger partial charge in [0.1, 0.15) is 12.0 Å². The predicted molar refractivity (Wildman–Crippen MR) is 99.0 cm³/mol. The van der Waals surface area contributed by atoms with Crippen LogP contribution in [0.5, 0.6) is 5.75 Å². The van der Waals surface area contributed by atoms with Gasteiger partial charge in [-0.3, -0.25) is 9.69 Å². The van der Waals surface area contributed by atoms with Crippen molar-refractivity contribution in [2.75, 3.05) is 20.2 Å². The molecule has 3 rings (SSSR count). The molecule has 1 aromatic carbocycles. The number of oxazole rings is 1. The fourth-order valence-corrected chi connectivity index (χ4v) is 2.84. The van der Waals surface area contributed by atoms with Crippen LogP contribution in [0.3, 0.4) is 0 Å². The molecular weight excluding hydrogens is 330 g/mol. The summed E-state index contributed by atoms with van der Waals surface area (Å²) in [6.45, 7) is 6.68. The molecule has 1 saturated carbocycles. The first-order chi connectivity index (χ1) is 12.6. The first-order valence-corrected chi connectivity index (χ1v) is 9.26. The molecule has 2 aromatic rings. The first-order valence-electron chi connectivity index (χ1n) is 9.26. The molecule has 0 aliphatic heterocycles. The Bertz CT molecular complexity index is 722. The Balaban J connectivity index is 1.64. The summed E-state index contributed by atoms with van der Waals surface area (Å²) < 4.78 is 11.1. The summed E-state index contributed by atoms with van der Waals surface area (Å²) in [5, 5.41) is 0. The van der Waals surface area contributed by atoms with Crippen molar-refractivity contribution in [3.8, 4) is 5.75 Å². The number of aromatic nitrogens is 1. The SMILES string of the molecule is CCOc1ccc(CN(Cc2nc(C(=O)N(C)CC)co2)C2CC2)cc1. The third-order valence-corrected chi connectivity index (χ3v) is 4.61. The van der Waals surface area contributed by atoms with Crippen LogP contribution in [-0.2, 0) is 13.1 Å². The maximum atomic E-state index is 12.2. The molecule has 0 radical (unpaired) electrons. The highest BCUT2D eigenvalue weighted by Crippen LogP contribution is 2.30. The average Bonchev–Trinajstić information content (AvgIpc) is 3.40. The van der Waals surface area contributed by atoms with Gasteiger partial charge in [0, 0.05) is 26.2 Å². The van der Waals surface area contributed by atoms with E-state index in [9.17, 15) is 4.79 Å². The lowest BCUT2D eigenvalue weighted by Gasteiger charge is -2.20. The van der Waals surface area contributed by atoms with Crippen LogP contribution in [-0.4, -0.2) is 46.9 Å². The Morgan fingerprint density at radius 1 is 1.23 bits per heavy atom. The number of nitrogens with zero attached hydrogens (tertiary/aromatic N) is 3. The zero-order valence-electron chi connectivity index (χ0n) is 15.8. The topological polar surface area (TPSA) is 58.8 Å². The normalized spacial score (nSPS) is 13.8. The molecule has 1 amide bonds. The minimum Gasteiger partial charge on any atom is -0.494 e. The summed E-state index contributed by atoms with van der Waals surface area (Å²) in [7, 11) is 1.76. The average molecular weight is 357 g/mol. The Hall–Kier alpha value is -2.34. The molecule has 1 aromatic heterocycles. The maximum Gasteiger partial charge on any atom is 0.275 e. The maximum absolute atomic E-state index is 12.2. The molecule has 0 spiro atoms. The summed E-state index contributed by atoms with van der Waals surface area (Å²) in [6.07, 6.45) is 3.86. The second-order valence-corrected chi connectivity index (χ2v) is 6.66. The van der Waals surface area contributed by atoms with E-state index >= 15 is 0 Å². The lowest BCUT2D eigenvalue weighted by Crippen LogP contribution is -2.27. The molecular formula is C20H27N3O3. The van der Waals surface area contributed by atoms with Gasteiger partial charge >= 0.3 is 0 Å². The van der Waals surface area contributed by atoms with Gasteiger partial charge in [0.25, 0.3) is 5.91 Å². The number of ether oxygens (including phenoxy) is 1. The van der Waals surface area contributed by atoms with Crippen LogP contribution < -0.4 is 4.74 Å². The number of amides is 1. The highest BCUT2D eigenvalue weighted by atomic mass is 16.5. The van der Waals surface area contributed by atoms with E-state index in [2.05, 4.69) is 22.0 Å². The van der Waals surface area contributed by atoms with E-state index in [0.717, 1.165) is 12.3 Å². The van der Waals surface area contributed by atoms with E-state index in [1.54, 1.807) is 11.9 Å². The van der Waals surface area contributed by atoms with Gasteiger partial charge in [-0.15, -0.1) is 0 Å². The second kappa shape index (κ2) is 8.36. The molecule has 1 aliphatic rings. The highest BCUT2D eigenvalue weighted by Gasteiger charge is 2.30. The third kappa shape index (κ3) is 4.64. The fraction of sp³-hybridized carbons (Fsp3) is 0.500. The lowest BCUT2D eigenvalue weighted by molar-refractivity contribution is 0.0796. The van der Waals surface area contributed by atoms with Crippen molar-refractivity contribution < 1.29 is 13.9 Å². The minimum atomic E-state index is -0.105. The molecule has 1 fully saturated rings. The van der Waals surface area contributed by atoms with Gasteiger partial charge < -0.3 is 14.1 Å². The molecule has 0 bridgehead atoms. The highest BCUT2D eigenvalue weighted by molar-refractivity contribution is 5.91. The van der Waals surface area contributed by atoms with Gasteiger partial charge in [0.15, 0.2) is 5.69 Å². The Morgan fingerprint density at radius 2 is 1.96 bits per heavy atom. The monoisotopic (exact) mass is 357 g/mol. The molecule has 1 aliphatic carbocycles. The zero-order chi connectivity index (χ0) is 18.5. The third-order valence-electron chi connectivity index (χ3n) is 4.61. The fourth-order valence-electron chi connectivity index (χ4n) is 2.84. The summed E-state index contributed by atoms with van der Waals surface area (Å²) in [4.78, 5) is 20.6. The van der Waals surface area contributed by atoms with Gasteiger partial charge in [0.05, 0.1) is 13.2 Å². The summed E-state index contributed by atoms with van der Waals surface area (Å²) in [6, 6.07) is 8.77. The molecule has 6 nitrogen and oxygen atoms in total. The van der Waals surface area contributed by atoms with Crippen LogP contribution in [0.4, 0.5) is 0 Å². The number of carbonyl (C=O) groups is 1.